The highest BCUT2D eigenvalue weighted by molar-refractivity contribution is 5.53. The van der Waals surface area contributed by atoms with Crippen LogP contribution in [0, 0.1) is 0 Å². The number of rotatable bonds is 22. The lowest BCUT2D eigenvalue weighted by molar-refractivity contribution is 0.306. The van der Waals surface area contributed by atoms with Gasteiger partial charge in [0.15, 0.2) is 0 Å². The number of hydrogen-bond donors (Lipinski definition) is 0. The highest BCUT2D eigenvalue weighted by atomic mass is 16.5. The van der Waals surface area contributed by atoms with Gasteiger partial charge in [-0.2, -0.15) is 0 Å². The Morgan fingerprint density at radius 1 is 0.236 bits per heavy atom. The van der Waals surface area contributed by atoms with Gasteiger partial charge in [-0.3, -0.25) is 0 Å². The van der Waals surface area contributed by atoms with E-state index >= 15 is 0 Å². The van der Waals surface area contributed by atoms with Gasteiger partial charge in [-0.25, -0.2) is 0 Å². The third-order valence-corrected chi connectivity index (χ3v) is 12.9. The van der Waals surface area contributed by atoms with Crippen molar-refractivity contribution in [1.82, 2.24) is 0 Å². The van der Waals surface area contributed by atoms with E-state index in [4.69, 9.17) is 18.9 Å². The second-order valence-corrected chi connectivity index (χ2v) is 17.7. The van der Waals surface area contributed by atoms with Crippen molar-refractivity contribution in [1.29, 1.82) is 0 Å². The number of benzene rings is 9. The van der Waals surface area contributed by atoms with E-state index in [-0.39, 0.29) is 11.8 Å². The molecule has 0 aliphatic rings. The molecule has 72 heavy (non-hydrogen) atoms. The van der Waals surface area contributed by atoms with Gasteiger partial charge >= 0.3 is 0 Å². The molecule has 4 nitrogen and oxygen atoms in total. The molecule has 9 aromatic carbocycles. The minimum absolute atomic E-state index is 0.0627. The maximum absolute atomic E-state index is 6.26. The first kappa shape index (κ1) is 48.2. The van der Waals surface area contributed by atoms with Gasteiger partial charge in [0.25, 0.3) is 0 Å². The summed E-state index contributed by atoms with van der Waals surface area (Å²) in [5, 5.41) is 0. The fourth-order valence-corrected chi connectivity index (χ4v) is 8.73. The van der Waals surface area contributed by atoms with Crippen molar-refractivity contribution >= 4 is 24.3 Å². The summed E-state index contributed by atoms with van der Waals surface area (Å²) in [6.45, 7) is 17.4. The lowest BCUT2D eigenvalue weighted by Crippen LogP contribution is -2.07. The summed E-state index contributed by atoms with van der Waals surface area (Å²) >= 11 is 0. The van der Waals surface area contributed by atoms with Gasteiger partial charge in [-0.05, 0) is 126 Å². The van der Waals surface area contributed by atoms with Gasteiger partial charge in [-0.1, -0.05) is 220 Å². The summed E-state index contributed by atoms with van der Waals surface area (Å²) in [6, 6.07) is 76.1. The zero-order valence-corrected chi connectivity index (χ0v) is 40.5. The monoisotopic (exact) mass is 938 g/mol. The van der Waals surface area contributed by atoms with Crippen LogP contribution in [0.15, 0.2) is 245 Å². The molecule has 9 rings (SSSR count). The Morgan fingerprint density at radius 3 is 0.569 bits per heavy atom. The molecular formula is C68H58O4. The molecule has 0 amide bonds. The van der Waals surface area contributed by atoms with Crippen LogP contribution in [0.5, 0.6) is 23.0 Å². The molecule has 0 saturated carbocycles. The zero-order chi connectivity index (χ0) is 49.5. The van der Waals surface area contributed by atoms with E-state index < -0.39 is 0 Å². The molecule has 0 spiro atoms. The van der Waals surface area contributed by atoms with Gasteiger partial charge in [-0.15, -0.1) is 0 Å². The summed E-state index contributed by atoms with van der Waals surface area (Å²) in [6.07, 6.45) is 7.39. The van der Waals surface area contributed by atoms with Crippen LogP contribution in [0.2, 0.25) is 0 Å². The summed E-state index contributed by atoms with van der Waals surface area (Å²) in [4.78, 5) is 0. The Labute approximate surface area is 425 Å². The summed E-state index contributed by atoms with van der Waals surface area (Å²) in [5.41, 5.74) is 15.7. The van der Waals surface area contributed by atoms with Crippen molar-refractivity contribution in [2.24, 2.45) is 0 Å². The Kier molecular flexibility index (Phi) is 15.8. The van der Waals surface area contributed by atoms with Crippen molar-refractivity contribution in [3.63, 3.8) is 0 Å². The average Bonchev–Trinajstić information content (AvgIpc) is 3.45. The average molecular weight is 939 g/mol. The molecule has 0 heterocycles. The molecule has 9 aromatic rings. The third kappa shape index (κ3) is 12.5. The van der Waals surface area contributed by atoms with Crippen LogP contribution >= 0.6 is 0 Å². The quantitative estimate of drug-likeness (QED) is 0.0635. The lowest BCUT2D eigenvalue weighted by Gasteiger charge is -2.23. The van der Waals surface area contributed by atoms with E-state index in [2.05, 4.69) is 245 Å². The predicted octanol–water partition coefficient (Wildman–Crippen LogP) is 16.9. The first-order chi connectivity index (χ1) is 35.4. The Morgan fingerprint density at radius 2 is 0.403 bits per heavy atom. The van der Waals surface area contributed by atoms with E-state index in [9.17, 15) is 0 Å². The normalized spacial score (nSPS) is 10.9. The van der Waals surface area contributed by atoms with Crippen LogP contribution < -0.4 is 18.9 Å². The van der Waals surface area contributed by atoms with E-state index in [1.165, 1.54) is 11.1 Å². The molecule has 0 aliphatic heterocycles. The molecule has 0 atom stereocenters. The Balaban J connectivity index is 0.991. The van der Waals surface area contributed by atoms with Gasteiger partial charge in [0.1, 0.15) is 49.4 Å². The third-order valence-electron chi connectivity index (χ3n) is 12.9. The van der Waals surface area contributed by atoms with Gasteiger partial charge < -0.3 is 18.9 Å². The van der Waals surface area contributed by atoms with E-state index in [1.54, 1.807) is 0 Å². The summed E-state index contributed by atoms with van der Waals surface area (Å²) in [7, 11) is 0. The van der Waals surface area contributed by atoms with Gasteiger partial charge in [0, 0.05) is 11.8 Å². The second-order valence-electron chi connectivity index (χ2n) is 17.7. The SMILES string of the molecule is C=Cc1ccc(COc2ccc(C(c3ccc(OCc4ccc(C=C)cc4)cc3)c3ccc(C(c4ccc(OCc5ccc(C=C)cc5)cc4)c4ccc(OCc5ccc(C=C)cc5)cc4)cc3)cc2)cc1. The highest BCUT2D eigenvalue weighted by Crippen LogP contribution is 2.38. The van der Waals surface area contributed by atoms with Crippen LogP contribution in [-0.2, 0) is 26.4 Å². The van der Waals surface area contributed by atoms with Crippen LogP contribution in [0.3, 0.4) is 0 Å². The minimum atomic E-state index is -0.0627. The Hall–Kier alpha value is -8.86. The second kappa shape index (κ2) is 23.6. The van der Waals surface area contributed by atoms with Crippen LogP contribution in [0.1, 0.15) is 89.7 Å². The van der Waals surface area contributed by atoms with Crippen molar-refractivity contribution < 1.29 is 18.9 Å². The molecule has 0 N–H and O–H groups in total. The molecule has 0 saturated heterocycles. The van der Waals surface area contributed by atoms with E-state index in [1.807, 2.05) is 24.3 Å². The molecule has 0 aliphatic carbocycles. The largest absolute Gasteiger partial charge is 0.489 e. The van der Waals surface area contributed by atoms with Crippen LogP contribution in [0.25, 0.3) is 24.3 Å². The predicted molar refractivity (Wildman–Crippen MR) is 298 cm³/mol. The van der Waals surface area contributed by atoms with Crippen molar-refractivity contribution in [2.75, 3.05) is 0 Å². The molecule has 0 radical (unpaired) electrons. The van der Waals surface area contributed by atoms with Crippen molar-refractivity contribution in [3.05, 3.63) is 323 Å². The zero-order valence-electron chi connectivity index (χ0n) is 40.5. The topological polar surface area (TPSA) is 36.9 Å². The van der Waals surface area contributed by atoms with Crippen molar-refractivity contribution in [3.8, 4) is 23.0 Å². The lowest BCUT2D eigenvalue weighted by atomic mass is 9.81. The fourth-order valence-electron chi connectivity index (χ4n) is 8.73. The summed E-state index contributed by atoms with van der Waals surface area (Å²) < 4.78 is 25.0. The molecule has 0 aromatic heterocycles. The first-order valence-electron chi connectivity index (χ1n) is 24.3. The fraction of sp³-hybridized carbons (Fsp3) is 0.0882. The van der Waals surface area contributed by atoms with Gasteiger partial charge in [0.2, 0.25) is 0 Å². The van der Waals surface area contributed by atoms with Crippen LogP contribution in [-0.4, -0.2) is 0 Å². The molecular weight excluding hydrogens is 881 g/mol. The molecule has 0 fully saturated rings. The van der Waals surface area contributed by atoms with Crippen LogP contribution in [0.4, 0.5) is 0 Å². The summed E-state index contributed by atoms with van der Waals surface area (Å²) in [5.74, 6) is 3.12. The number of ether oxygens (including phenoxy) is 4. The maximum atomic E-state index is 6.26. The maximum Gasteiger partial charge on any atom is 0.119 e. The standard InChI is InChI=1S/C68H58O4/c1-5-49-9-17-53(18-10-49)45-69-63-37-29-59(30-38-63)67(60-31-39-64(40-32-60)70-46-54-19-11-50(6-2)12-20-54)57-25-27-58(28-26-57)68(61-33-41-65(42-34-61)71-47-55-21-13-51(7-3)14-22-55)62-35-43-66(44-36-62)72-48-56-23-15-52(8-4)16-24-56/h5-44,67-68H,1-4,45-48H2. The van der Waals surface area contributed by atoms with Crippen molar-refractivity contribution in [2.45, 2.75) is 38.3 Å². The van der Waals surface area contributed by atoms with Gasteiger partial charge in [0.05, 0.1) is 0 Å². The molecule has 0 unspecified atom stereocenters. The smallest absolute Gasteiger partial charge is 0.119 e. The number of hydrogen-bond acceptors (Lipinski definition) is 4. The minimum Gasteiger partial charge on any atom is -0.489 e. The molecule has 354 valence electrons. The first-order valence-corrected chi connectivity index (χ1v) is 24.3. The van der Waals surface area contributed by atoms with E-state index in [0.29, 0.717) is 26.4 Å². The Bertz CT molecular complexity index is 2750. The molecule has 4 heteroatoms. The molecule has 0 bridgehead atoms. The highest BCUT2D eigenvalue weighted by Gasteiger charge is 2.21. The van der Waals surface area contributed by atoms with E-state index in [0.717, 1.165) is 89.8 Å².